The summed E-state index contributed by atoms with van der Waals surface area (Å²) in [5, 5.41) is 3.55. The number of halogens is 1. The lowest BCUT2D eigenvalue weighted by Crippen LogP contribution is -2.38. The molecule has 1 aromatic rings. The molecule has 2 amide bonds. The molecule has 0 unspecified atom stereocenters. The molecule has 5 heteroatoms. The second-order valence-corrected chi connectivity index (χ2v) is 6.27. The van der Waals surface area contributed by atoms with Crippen molar-refractivity contribution in [1.29, 1.82) is 0 Å². The zero-order valence-corrected chi connectivity index (χ0v) is 14.3. The van der Waals surface area contributed by atoms with Gasteiger partial charge in [-0.2, -0.15) is 0 Å². The third-order valence-corrected chi connectivity index (χ3v) is 3.54. The number of carbonyl (C=O) groups excluding carboxylic acids is 2. The van der Waals surface area contributed by atoms with Gasteiger partial charge in [-0.25, -0.2) is 0 Å². The second-order valence-electron chi connectivity index (χ2n) is 5.83. The van der Waals surface area contributed by atoms with E-state index in [-0.39, 0.29) is 11.8 Å². The molecule has 0 aliphatic heterocycles. The predicted molar refractivity (Wildman–Crippen MR) is 89.9 cm³/mol. The Kier molecular flexibility index (Phi) is 7.96. The monoisotopic (exact) mass is 324 g/mol. The largest absolute Gasteiger partial charge is 0.354 e. The molecular weight excluding hydrogens is 300 g/mol. The molecule has 0 radical (unpaired) electrons. The van der Waals surface area contributed by atoms with Crippen LogP contribution in [0.25, 0.3) is 0 Å². The van der Waals surface area contributed by atoms with E-state index in [0.29, 0.717) is 37.0 Å². The lowest BCUT2D eigenvalue weighted by Gasteiger charge is -2.21. The molecule has 22 heavy (non-hydrogen) atoms. The number of benzene rings is 1. The smallest absolute Gasteiger partial charge is 0.220 e. The number of hydrogen-bond acceptors (Lipinski definition) is 2. The molecule has 1 aromatic carbocycles. The molecule has 1 N–H and O–H groups in total. The molecule has 4 nitrogen and oxygen atoms in total. The summed E-state index contributed by atoms with van der Waals surface area (Å²) in [7, 11) is 0. The van der Waals surface area contributed by atoms with Crippen LogP contribution in [-0.4, -0.2) is 36.3 Å². The Labute approximate surface area is 137 Å². The van der Waals surface area contributed by atoms with Crippen LogP contribution in [0.1, 0.15) is 32.8 Å². The SMILES string of the molecule is CC(=O)N(CCNC(=O)CC(C)C)CCc1cccc(Cl)c1. The topological polar surface area (TPSA) is 49.4 Å². The molecule has 0 bridgehead atoms. The summed E-state index contributed by atoms with van der Waals surface area (Å²) in [4.78, 5) is 25.0. The molecule has 0 aromatic heterocycles. The van der Waals surface area contributed by atoms with Crippen LogP contribution in [-0.2, 0) is 16.0 Å². The van der Waals surface area contributed by atoms with Crippen LogP contribution in [0, 0.1) is 5.92 Å². The zero-order chi connectivity index (χ0) is 16.5. The maximum absolute atomic E-state index is 11.7. The molecule has 0 saturated heterocycles. The minimum atomic E-state index is 0.0140. The highest BCUT2D eigenvalue weighted by atomic mass is 35.5. The number of hydrogen-bond donors (Lipinski definition) is 1. The van der Waals surface area contributed by atoms with E-state index in [2.05, 4.69) is 5.32 Å². The summed E-state index contributed by atoms with van der Waals surface area (Å²) in [6.07, 6.45) is 1.27. The third kappa shape index (κ3) is 7.46. The van der Waals surface area contributed by atoms with Crippen molar-refractivity contribution < 1.29 is 9.59 Å². The molecule has 0 heterocycles. The molecule has 0 spiro atoms. The van der Waals surface area contributed by atoms with Gasteiger partial charge in [0.15, 0.2) is 0 Å². The van der Waals surface area contributed by atoms with Gasteiger partial charge in [-0.15, -0.1) is 0 Å². The first-order valence-electron chi connectivity index (χ1n) is 7.65. The van der Waals surface area contributed by atoms with Crippen molar-refractivity contribution in [3.63, 3.8) is 0 Å². The van der Waals surface area contributed by atoms with E-state index in [1.807, 2.05) is 38.1 Å². The quantitative estimate of drug-likeness (QED) is 0.799. The summed E-state index contributed by atoms with van der Waals surface area (Å²) in [6.45, 7) is 7.20. The van der Waals surface area contributed by atoms with E-state index in [1.165, 1.54) is 0 Å². The number of rotatable bonds is 8. The zero-order valence-electron chi connectivity index (χ0n) is 13.6. The highest BCUT2D eigenvalue weighted by Gasteiger charge is 2.10. The predicted octanol–water partition coefficient (Wildman–Crippen LogP) is 2.89. The van der Waals surface area contributed by atoms with Crippen LogP contribution < -0.4 is 5.32 Å². The van der Waals surface area contributed by atoms with Gasteiger partial charge in [0.05, 0.1) is 0 Å². The Bertz CT molecular complexity index is 503. The normalized spacial score (nSPS) is 10.6. The van der Waals surface area contributed by atoms with Gasteiger partial charge in [0.25, 0.3) is 0 Å². The van der Waals surface area contributed by atoms with Gasteiger partial charge in [-0.1, -0.05) is 37.6 Å². The summed E-state index contributed by atoms with van der Waals surface area (Å²) in [6, 6.07) is 7.64. The van der Waals surface area contributed by atoms with Crippen LogP contribution in [0.3, 0.4) is 0 Å². The lowest BCUT2D eigenvalue weighted by molar-refractivity contribution is -0.129. The fraction of sp³-hybridized carbons (Fsp3) is 0.529. The summed E-state index contributed by atoms with van der Waals surface area (Å²) >= 11 is 5.95. The van der Waals surface area contributed by atoms with Gasteiger partial charge in [-0.05, 0) is 30.0 Å². The van der Waals surface area contributed by atoms with Crippen molar-refractivity contribution in [2.24, 2.45) is 5.92 Å². The van der Waals surface area contributed by atoms with E-state index in [0.717, 1.165) is 12.0 Å². The van der Waals surface area contributed by atoms with Gasteiger partial charge in [-0.3, -0.25) is 9.59 Å². The highest BCUT2D eigenvalue weighted by molar-refractivity contribution is 6.30. The molecule has 0 atom stereocenters. The third-order valence-electron chi connectivity index (χ3n) is 3.30. The fourth-order valence-corrected chi connectivity index (χ4v) is 2.37. The van der Waals surface area contributed by atoms with E-state index >= 15 is 0 Å². The Morgan fingerprint density at radius 1 is 1.27 bits per heavy atom. The Balaban J connectivity index is 2.39. The van der Waals surface area contributed by atoms with Crippen molar-refractivity contribution in [2.45, 2.75) is 33.6 Å². The Hall–Kier alpha value is -1.55. The average molecular weight is 325 g/mol. The fourth-order valence-electron chi connectivity index (χ4n) is 2.16. The molecule has 1 rings (SSSR count). The lowest BCUT2D eigenvalue weighted by atomic mass is 10.1. The van der Waals surface area contributed by atoms with Crippen molar-refractivity contribution in [1.82, 2.24) is 10.2 Å². The van der Waals surface area contributed by atoms with Crippen LogP contribution in [0.2, 0.25) is 5.02 Å². The van der Waals surface area contributed by atoms with Crippen LogP contribution in [0.5, 0.6) is 0 Å². The second kappa shape index (κ2) is 9.46. The van der Waals surface area contributed by atoms with Crippen molar-refractivity contribution >= 4 is 23.4 Å². The van der Waals surface area contributed by atoms with Crippen molar-refractivity contribution in [3.05, 3.63) is 34.9 Å². The minimum Gasteiger partial charge on any atom is -0.354 e. The Morgan fingerprint density at radius 2 is 2.00 bits per heavy atom. The molecule has 0 aliphatic rings. The van der Waals surface area contributed by atoms with E-state index in [4.69, 9.17) is 11.6 Å². The minimum absolute atomic E-state index is 0.0140. The Morgan fingerprint density at radius 3 is 2.59 bits per heavy atom. The van der Waals surface area contributed by atoms with Gasteiger partial charge in [0, 0.05) is 38.0 Å². The first kappa shape index (κ1) is 18.5. The number of nitrogens with one attached hydrogen (secondary N) is 1. The first-order valence-corrected chi connectivity index (χ1v) is 8.03. The van der Waals surface area contributed by atoms with E-state index in [9.17, 15) is 9.59 Å². The van der Waals surface area contributed by atoms with Gasteiger partial charge in [0.2, 0.25) is 11.8 Å². The average Bonchev–Trinajstić information content (AvgIpc) is 2.41. The standard InChI is InChI=1S/C17H25ClN2O2/c1-13(2)11-17(22)19-8-10-20(14(3)21)9-7-15-5-4-6-16(18)12-15/h4-6,12-13H,7-11H2,1-3H3,(H,19,22). The van der Waals surface area contributed by atoms with Crippen LogP contribution in [0.4, 0.5) is 0 Å². The maximum Gasteiger partial charge on any atom is 0.220 e. The van der Waals surface area contributed by atoms with Gasteiger partial charge >= 0.3 is 0 Å². The number of amides is 2. The summed E-state index contributed by atoms with van der Waals surface area (Å²) < 4.78 is 0. The van der Waals surface area contributed by atoms with E-state index < -0.39 is 0 Å². The van der Waals surface area contributed by atoms with Crippen molar-refractivity contribution in [2.75, 3.05) is 19.6 Å². The number of nitrogens with zero attached hydrogens (tertiary/aromatic N) is 1. The summed E-state index contributed by atoms with van der Waals surface area (Å²) in [5.41, 5.74) is 1.10. The van der Waals surface area contributed by atoms with E-state index in [1.54, 1.807) is 11.8 Å². The molecule has 0 aliphatic carbocycles. The molecular formula is C17H25ClN2O2. The molecule has 0 saturated carbocycles. The van der Waals surface area contributed by atoms with Gasteiger partial charge in [0.1, 0.15) is 0 Å². The van der Waals surface area contributed by atoms with Crippen molar-refractivity contribution in [3.8, 4) is 0 Å². The number of carbonyl (C=O) groups is 2. The molecule has 0 fully saturated rings. The van der Waals surface area contributed by atoms with Crippen LogP contribution in [0.15, 0.2) is 24.3 Å². The summed E-state index contributed by atoms with van der Waals surface area (Å²) in [5.74, 6) is 0.389. The highest BCUT2D eigenvalue weighted by Crippen LogP contribution is 2.11. The maximum atomic E-state index is 11.7. The molecule has 122 valence electrons. The van der Waals surface area contributed by atoms with Crippen LogP contribution >= 0.6 is 11.6 Å². The first-order chi connectivity index (χ1) is 10.4. The van der Waals surface area contributed by atoms with Gasteiger partial charge < -0.3 is 10.2 Å².